The van der Waals surface area contributed by atoms with Gasteiger partial charge in [-0.05, 0) is 68.1 Å². The van der Waals surface area contributed by atoms with Crippen molar-refractivity contribution in [2.75, 3.05) is 13.1 Å². The Balaban J connectivity index is 1.59. The van der Waals surface area contributed by atoms with E-state index in [0.717, 1.165) is 54.0 Å². The zero-order chi connectivity index (χ0) is 22.4. The Labute approximate surface area is 196 Å². The summed E-state index contributed by atoms with van der Waals surface area (Å²) in [5, 5.41) is 4.15. The van der Waals surface area contributed by atoms with E-state index in [2.05, 4.69) is 40.0 Å². The lowest BCUT2D eigenvalue weighted by Crippen LogP contribution is -2.43. The van der Waals surface area contributed by atoms with Crippen molar-refractivity contribution in [2.45, 2.75) is 70.5 Å². The van der Waals surface area contributed by atoms with Crippen LogP contribution in [0.2, 0.25) is 0 Å². The van der Waals surface area contributed by atoms with Crippen molar-refractivity contribution in [3.63, 3.8) is 0 Å². The maximum absolute atomic E-state index is 13.5. The lowest BCUT2D eigenvalue weighted by atomic mass is 10.2. The minimum atomic E-state index is -0.120. The van der Waals surface area contributed by atoms with Gasteiger partial charge in [0, 0.05) is 36.3 Å². The van der Waals surface area contributed by atoms with Gasteiger partial charge in [-0.1, -0.05) is 31.0 Å². The molecular formula is C25H31BrN4O2. The molecule has 1 aliphatic heterocycles. The Morgan fingerprint density at radius 3 is 2.66 bits per heavy atom. The fourth-order valence-electron chi connectivity index (χ4n) is 5.68. The van der Waals surface area contributed by atoms with Crippen LogP contribution < -0.4 is 10.9 Å². The highest BCUT2D eigenvalue weighted by molar-refractivity contribution is 9.10. The number of fused-ring (bicyclic) bond motifs is 3. The van der Waals surface area contributed by atoms with Crippen molar-refractivity contribution in [1.82, 2.24) is 19.2 Å². The molecule has 1 saturated heterocycles. The predicted octanol–water partition coefficient (Wildman–Crippen LogP) is 4.73. The van der Waals surface area contributed by atoms with Crippen LogP contribution in [0.15, 0.2) is 39.7 Å². The van der Waals surface area contributed by atoms with E-state index in [1.54, 1.807) is 6.20 Å². The molecule has 32 heavy (non-hydrogen) atoms. The number of rotatable bonds is 5. The fraction of sp³-hybridized carbons (Fsp3) is 0.520. The Kier molecular flexibility index (Phi) is 5.88. The van der Waals surface area contributed by atoms with Crippen LogP contribution in [0, 0.1) is 0 Å². The number of carbonyl (C=O) groups excluding carboxylic acids is 1. The van der Waals surface area contributed by atoms with Gasteiger partial charge in [0.1, 0.15) is 11.2 Å². The molecular weight excluding hydrogens is 468 g/mol. The third kappa shape index (κ3) is 3.59. The third-order valence-electron chi connectivity index (χ3n) is 7.29. The zero-order valence-electron chi connectivity index (χ0n) is 18.8. The summed E-state index contributed by atoms with van der Waals surface area (Å²) >= 11 is 3.67. The molecule has 0 bridgehead atoms. The van der Waals surface area contributed by atoms with E-state index in [1.807, 2.05) is 33.2 Å². The van der Waals surface area contributed by atoms with Crippen LogP contribution in [0.1, 0.15) is 68.9 Å². The van der Waals surface area contributed by atoms with Crippen LogP contribution in [-0.2, 0) is 0 Å². The molecule has 1 aromatic carbocycles. The summed E-state index contributed by atoms with van der Waals surface area (Å²) in [6.45, 7) is 6.14. The molecule has 7 heteroatoms. The van der Waals surface area contributed by atoms with Crippen molar-refractivity contribution in [3.8, 4) is 0 Å². The summed E-state index contributed by atoms with van der Waals surface area (Å²) in [6, 6.07) is 8.87. The van der Waals surface area contributed by atoms with Gasteiger partial charge in [-0.2, -0.15) is 0 Å². The number of nitrogens with one attached hydrogen (secondary N) is 1. The number of carbonyl (C=O) groups is 1. The van der Waals surface area contributed by atoms with E-state index in [9.17, 15) is 9.59 Å². The molecule has 1 saturated carbocycles. The Morgan fingerprint density at radius 2 is 1.91 bits per heavy atom. The molecule has 6 nitrogen and oxygen atoms in total. The summed E-state index contributed by atoms with van der Waals surface area (Å²) in [4.78, 5) is 29.6. The van der Waals surface area contributed by atoms with Crippen LogP contribution in [0.5, 0.6) is 0 Å². The highest BCUT2D eigenvalue weighted by Gasteiger charge is 2.29. The molecule has 170 valence electrons. The Morgan fingerprint density at radius 1 is 1.16 bits per heavy atom. The van der Waals surface area contributed by atoms with Crippen LogP contribution in [0.25, 0.3) is 16.4 Å². The fourth-order valence-corrected chi connectivity index (χ4v) is 6.36. The van der Waals surface area contributed by atoms with Crippen molar-refractivity contribution in [3.05, 3.63) is 51.0 Å². The predicted molar refractivity (Wildman–Crippen MR) is 132 cm³/mol. The number of benzene rings is 1. The number of hydrogen-bond acceptors (Lipinski definition) is 3. The smallest absolute Gasteiger partial charge is 0.276 e. The molecule has 2 aliphatic rings. The normalized spacial score (nSPS) is 20.2. The van der Waals surface area contributed by atoms with Gasteiger partial charge in [-0.3, -0.25) is 18.9 Å². The third-order valence-corrected chi connectivity index (χ3v) is 8.09. The van der Waals surface area contributed by atoms with Gasteiger partial charge in [-0.25, -0.2) is 0 Å². The zero-order valence-corrected chi connectivity index (χ0v) is 20.4. The van der Waals surface area contributed by atoms with Gasteiger partial charge >= 0.3 is 0 Å². The van der Waals surface area contributed by atoms with Crippen LogP contribution in [-0.4, -0.2) is 44.9 Å². The number of hydrogen-bond donors (Lipinski definition) is 1. The van der Waals surface area contributed by atoms with E-state index in [4.69, 9.17) is 0 Å². The average Bonchev–Trinajstić information content (AvgIpc) is 3.53. The number of halogens is 1. The summed E-state index contributed by atoms with van der Waals surface area (Å²) in [5.41, 5.74) is 1.93. The first-order valence-corrected chi connectivity index (χ1v) is 12.6. The Hall–Kier alpha value is -2.12. The van der Waals surface area contributed by atoms with Gasteiger partial charge in [0.2, 0.25) is 0 Å². The minimum Gasteiger partial charge on any atom is -0.349 e. The van der Waals surface area contributed by atoms with Crippen LogP contribution in [0.4, 0.5) is 0 Å². The molecule has 1 amide bonds. The molecule has 5 rings (SSSR count). The van der Waals surface area contributed by atoms with E-state index in [1.165, 1.54) is 6.42 Å². The first-order valence-electron chi connectivity index (χ1n) is 11.8. The number of nitrogens with zero attached hydrogens (tertiary/aromatic N) is 3. The molecule has 0 spiro atoms. The van der Waals surface area contributed by atoms with Gasteiger partial charge < -0.3 is 9.88 Å². The number of likely N-dealkylation sites (tertiary alicyclic amines) is 1. The second-order valence-electron chi connectivity index (χ2n) is 9.52. The molecule has 3 aromatic rings. The van der Waals surface area contributed by atoms with E-state index < -0.39 is 0 Å². The molecule has 1 aliphatic carbocycles. The average molecular weight is 499 g/mol. The largest absolute Gasteiger partial charge is 0.349 e. The molecule has 0 unspecified atom stereocenters. The second-order valence-corrected chi connectivity index (χ2v) is 10.3. The van der Waals surface area contributed by atoms with Gasteiger partial charge in [0.25, 0.3) is 11.5 Å². The minimum absolute atomic E-state index is 0.0294. The van der Waals surface area contributed by atoms with Gasteiger partial charge in [0.05, 0.1) is 9.99 Å². The van der Waals surface area contributed by atoms with Crippen molar-refractivity contribution < 1.29 is 4.79 Å². The van der Waals surface area contributed by atoms with Gasteiger partial charge in [-0.15, -0.1) is 0 Å². The quantitative estimate of drug-likeness (QED) is 0.552. The summed E-state index contributed by atoms with van der Waals surface area (Å²) < 4.78 is 4.43. The maximum Gasteiger partial charge on any atom is 0.276 e. The number of para-hydroxylation sites is 1. The van der Waals surface area contributed by atoms with E-state index in [-0.39, 0.29) is 17.5 Å². The Bertz CT molecular complexity index is 1220. The first kappa shape index (κ1) is 21.7. The van der Waals surface area contributed by atoms with Crippen molar-refractivity contribution >= 4 is 38.3 Å². The van der Waals surface area contributed by atoms with Crippen molar-refractivity contribution in [1.29, 1.82) is 0 Å². The summed E-state index contributed by atoms with van der Waals surface area (Å²) in [5.74, 6) is -0.120. The summed E-state index contributed by atoms with van der Waals surface area (Å²) in [7, 11) is 0. The highest BCUT2D eigenvalue weighted by Crippen LogP contribution is 2.33. The van der Waals surface area contributed by atoms with Gasteiger partial charge in [0.15, 0.2) is 0 Å². The molecule has 0 radical (unpaired) electrons. The lowest BCUT2D eigenvalue weighted by molar-refractivity contribution is 0.0928. The van der Waals surface area contributed by atoms with Crippen LogP contribution >= 0.6 is 15.9 Å². The molecule has 1 atom stereocenters. The number of amides is 1. The monoisotopic (exact) mass is 498 g/mol. The molecule has 2 aromatic heterocycles. The van der Waals surface area contributed by atoms with Crippen LogP contribution in [0.3, 0.4) is 0 Å². The molecule has 3 heterocycles. The molecule has 2 fully saturated rings. The van der Waals surface area contributed by atoms with E-state index >= 15 is 0 Å². The summed E-state index contributed by atoms with van der Waals surface area (Å²) in [6.07, 6.45) is 8.30. The second kappa shape index (κ2) is 8.67. The first-order chi connectivity index (χ1) is 15.5. The lowest BCUT2D eigenvalue weighted by Gasteiger charge is -2.28. The topological polar surface area (TPSA) is 58.8 Å². The standard InChI is InChI=1S/C25H31BrN4O2/c1-16(2)28-13-7-10-18(28)14-27-24(31)21-15-29(17-8-3-4-9-17)25(32)23-22(26)19-11-5-6-12-20(19)30(21)23/h5-6,11-12,15-18H,3-4,7-10,13-14H2,1-2H3,(H,27,31)/t18-/m1/s1. The maximum atomic E-state index is 13.5. The van der Waals surface area contributed by atoms with Crippen molar-refractivity contribution in [2.24, 2.45) is 0 Å². The van der Waals surface area contributed by atoms with E-state index in [0.29, 0.717) is 29.8 Å². The number of aromatic nitrogens is 2. The SMILES string of the molecule is CC(C)N1CCC[C@@H]1CNC(=O)c1cn(C2CCCC2)c(=O)c2c(Br)c3ccccc3n12. The molecule has 1 N–H and O–H groups in total. The highest BCUT2D eigenvalue weighted by atomic mass is 79.9.